The number of hydrogen-bond donors (Lipinski definition) is 3. The predicted octanol–water partition coefficient (Wildman–Crippen LogP) is 8.67. The van der Waals surface area contributed by atoms with Crippen LogP contribution in [0.15, 0.2) is 110 Å². The number of aromatic amines is 1. The van der Waals surface area contributed by atoms with Gasteiger partial charge < -0.3 is 24.6 Å². The number of alkyl halides is 3. The van der Waals surface area contributed by atoms with Crippen LogP contribution < -0.4 is 0 Å². The number of aryl methyl sites for hydroxylation is 2. The number of aromatic nitrogens is 6. The number of piperidine rings is 2. The van der Waals surface area contributed by atoms with E-state index in [1.807, 2.05) is 29.2 Å². The summed E-state index contributed by atoms with van der Waals surface area (Å²) in [6.07, 6.45) is 10.8. The monoisotopic (exact) mass is 836 g/mol. The van der Waals surface area contributed by atoms with Gasteiger partial charge in [-0.25, -0.2) is 9.37 Å². The highest BCUT2D eigenvalue weighted by Crippen LogP contribution is 2.37. The van der Waals surface area contributed by atoms with E-state index in [0.29, 0.717) is 49.4 Å². The van der Waals surface area contributed by atoms with Gasteiger partial charge in [0.05, 0.1) is 45.3 Å². The quantitative estimate of drug-likeness (QED) is 0.0836. The predicted molar refractivity (Wildman–Crippen MR) is 221 cm³/mol. The van der Waals surface area contributed by atoms with Gasteiger partial charge in [0.2, 0.25) is 0 Å². The van der Waals surface area contributed by atoms with Crippen LogP contribution in [0, 0.1) is 5.82 Å². The van der Waals surface area contributed by atoms with Gasteiger partial charge in [-0.05, 0) is 118 Å². The van der Waals surface area contributed by atoms with Crippen molar-refractivity contribution < 1.29 is 27.8 Å². The number of benzene rings is 3. The number of imidazole rings is 1. The van der Waals surface area contributed by atoms with Crippen molar-refractivity contribution in [1.29, 1.82) is 0 Å². The molecule has 3 N–H and O–H groups in total. The van der Waals surface area contributed by atoms with Crippen LogP contribution >= 0.6 is 11.6 Å². The van der Waals surface area contributed by atoms with E-state index in [9.17, 15) is 27.8 Å². The average Bonchev–Trinajstić information content (AvgIpc) is 4.04. The normalized spacial score (nSPS) is 16.9. The van der Waals surface area contributed by atoms with Crippen molar-refractivity contribution in [1.82, 2.24) is 39.3 Å². The molecule has 5 heterocycles. The second kappa shape index (κ2) is 20.6. The van der Waals surface area contributed by atoms with E-state index in [-0.39, 0.29) is 5.82 Å². The van der Waals surface area contributed by atoms with Crippen LogP contribution in [0.5, 0.6) is 0 Å². The van der Waals surface area contributed by atoms with Crippen LogP contribution in [0.1, 0.15) is 68.1 Å². The smallest absolute Gasteiger partial charge is 0.385 e. The number of H-pyrrole nitrogens is 1. The molecule has 59 heavy (non-hydrogen) atoms. The lowest BCUT2D eigenvalue weighted by molar-refractivity contribution is -0.137. The summed E-state index contributed by atoms with van der Waals surface area (Å²) < 4.78 is 55.9. The fourth-order valence-corrected chi connectivity index (χ4v) is 7.86. The lowest BCUT2D eigenvalue weighted by Gasteiger charge is -2.38. The zero-order chi connectivity index (χ0) is 41.7. The minimum Gasteiger partial charge on any atom is -0.385 e. The number of unbranched alkanes of at least 4 members (excludes halogenated alkanes) is 2. The van der Waals surface area contributed by atoms with E-state index in [1.54, 1.807) is 43.0 Å². The second-order valence-corrected chi connectivity index (χ2v) is 15.8. The molecule has 0 bridgehead atoms. The SMILES string of the molecule is OC1(c2ccc(F)cc2)CCN(CCCCn2cnc3ccccc32)CC1.OC1(c2cccc(C(F)(F)F)c2)CCN(CCCCn2cc(Cl)cn2)CC1.c1cn[nH]c1. The third-order valence-corrected chi connectivity index (χ3v) is 11.4. The molecule has 15 heteroatoms. The molecular formula is C44H53ClF4N8O2. The minimum absolute atomic E-state index is 0.259. The van der Waals surface area contributed by atoms with Crippen molar-refractivity contribution >= 4 is 22.6 Å². The zero-order valence-electron chi connectivity index (χ0n) is 33.1. The van der Waals surface area contributed by atoms with Crippen molar-refractivity contribution in [3.63, 3.8) is 0 Å². The van der Waals surface area contributed by atoms with Crippen molar-refractivity contribution in [2.45, 2.75) is 81.8 Å². The number of para-hydroxylation sites is 2. The number of nitrogens with zero attached hydrogens (tertiary/aromatic N) is 7. The standard InChI is InChI=1S/C22H26FN3O.C19H23ClF3N3O.C3H4N2/c23-19-9-7-18(8-10-19)22(27)11-15-25(16-12-22)13-3-4-14-26-17-24-20-5-1-2-6-21(20)26;20-17-13-24-26(14-17)9-2-1-8-25-10-6-18(27,7-11-25)15-4-3-5-16(12-15)19(21,22)23;1-2-4-5-3-1/h1-2,5-10,17,27H,3-4,11-16H2;3-5,12-14,27H,1-2,6-11H2;1-3H,(H,4,5). The molecule has 3 aromatic heterocycles. The highest BCUT2D eigenvalue weighted by molar-refractivity contribution is 6.30. The van der Waals surface area contributed by atoms with Gasteiger partial charge >= 0.3 is 6.18 Å². The van der Waals surface area contributed by atoms with Gasteiger partial charge in [-0.2, -0.15) is 23.4 Å². The molecule has 8 rings (SSSR count). The number of fused-ring (bicyclic) bond motifs is 1. The van der Waals surface area contributed by atoms with E-state index in [1.165, 1.54) is 23.7 Å². The van der Waals surface area contributed by atoms with E-state index in [4.69, 9.17) is 11.6 Å². The molecule has 3 aromatic carbocycles. The van der Waals surface area contributed by atoms with Crippen LogP contribution in [-0.2, 0) is 30.5 Å². The minimum atomic E-state index is -4.40. The van der Waals surface area contributed by atoms with Gasteiger partial charge in [-0.1, -0.05) is 48.0 Å². The van der Waals surface area contributed by atoms with E-state index in [2.05, 4.69) is 46.8 Å². The van der Waals surface area contributed by atoms with Gasteiger partial charge in [0.25, 0.3) is 0 Å². The Hall–Kier alpha value is -4.60. The summed E-state index contributed by atoms with van der Waals surface area (Å²) in [6.45, 7) is 6.81. The summed E-state index contributed by atoms with van der Waals surface area (Å²) in [5.74, 6) is -0.259. The first-order valence-electron chi connectivity index (χ1n) is 20.3. The Morgan fingerprint density at radius 3 is 1.93 bits per heavy atom. The van der Waals surface area contributed by atoms with E-state index < -0.39 is 22.9 Å². The third kappa shape index (κ3) is 12.7. The van der Waals surface area contributed by atoms with E-state index >= 15 is 0 Å². The van der Waals surface area contributed by atoms with Crippen molar-refractivity contribution in [3.05, 3.63) is 138 Å². The molecule has 0 radical (unpaired) electrons. The maximum Gasteiger partial charge on any atom is 0.416 e. The molecule has 2 aliphatic rings. The molecule has 6 aromatic rings. The molecule has 0 spiro atoms. The molecule has 0 amide bonds. The Labute approximate surface area is 347 Å². The van der Waals surface area contributed by atoms with Crippen LogP contribution in [-0.4, -0.2) is 88.8 Å². The molecule has 0 aliphatic carbocycles. The maximum atomic E-state index is 13.1. The highest BCUT2D eigenvalue weighted by atomic mass is 35.5. The molecule has 2 saturated heterocycles. The summed E-state index contributed by atoms with van der Waals surface area (Å²) in [4.78, 5) is 9.11. The molecule has 2 aliphatic heterocycles. The third-order valence-electron chi connectivity index (χ3n) is 11.2. The second-order valence-electron chi connectivity index (χ2n) is 15.4. The largest absolute Gasteiger partial charge is 0.416 e. The Balaban J connectivity index is 0.000000177. The van der Waals surface area contributed by atoms with Crippen LogP contribution in [0.3, 0.4) is 0 Å². The summed E-state index contributed by atoms with van der Waals surface area (Å²) in [6, 6.07) is 21.4. The van der Waals surface area contributed by atoms with E-state index in [0.717, 1.165) is 88.2 Å². The lowest BCUT2D eigenvalue weighted by atomic mass is 9.83. The summed E-state index contributed by atoms with van der Waals surface area (Å²) in [5, 5.41) is 32.7. The fraction of sp³-hybridized carbons (Fsp3) is 0.432. The van der Waals surface area contributed by atoms with Crippen molar-refractivity contribution in [2.24, 2.45) is 0 Å². The van der Waals surface area contributed by atoms with Gasteiger partial charge in [0.1, 0.15) is 5.82 Å². The summed E-state index contributed by atoms with van der Waals surface area (Å²) in [7, 11) is 0. The average molecular weight is 837 g/mol. The van der Waals surface area contributed by atoms with Crippen molar-refractivity contribution in [3.8, 4) is 0 Å². The number of hydrogen-bond acceptors (Lipinski definition) is 7. The molecule has 2 fully saturated rings. The summed E-state index contributed by atoms with van der Waals surface area (Å²) >= 11 is 5.83. The number of aliphatic hydroxyl groups is 2. The number of likely N-dealkylation sites (tertiary alicyclic amines) is 2. The van der Waals surface area contributed by atoms with Crippen LogP contribution in [0.4, 0.5) is 17.6 Å². The molecule has 316 valence electrons. The Morgan fingerprint density at radius 2 is 1.36 bits per heavy atom. The maximum absolute atomic E-state index is 13.1. The van der Waals surface area contributed by atoms with Gasteiger partial charge in [-0.15, -0.1) is 0 Å². The first-order valence-corrected chi connectivity index (χ1v) is 20.6. The van der Waals surface area contributed by atoms with Gasteiger partial charge in [0.15, 0.2) is 0 Å². The first kappa shape index (κ1) is 44.0. The Kier molecular flexibility index (Phi) is 15.3. The fourth-order valence-electron chi connectivity index (χ4n) is 7.71. The molecule has 10 nitrogen and oxygen atoms in total. The van der Waals surface area contributed by atoms with Gasteiger partial charge in [-0.3, -0.25) is 9.78 Å². The number of rotatable bonds is 12. The van der Waals surface area contributed by atoms with Crippen molar-refractivity contribution in [2.75, 3.05) is 39.3 Å². The zero-order valence-corrected chi connectivity index (χ0v) is 33.9. The molecular weight excluding hydrogens is 784 g/mol. The number of nitrogens with one attached hydrogen (secondary N) is 1. The highest BCUT2D eigenvalue weighted by Gasteiger charge is 2.37. The molecule has 0 atom stereocenters. The lowest BCUT2D eigenvalue weighted by Crippen LogP contribution is -2.43. The molecule has 0 saturated carbocycles. The van der Waals surface area contributed by atoms with Crippen LogP contribution in [0.25, 0.3) is 11.0 Å². The topological polar surface area (TPSA) is 111 Å². The summed E-state index contributed by atoms with van der Waals surface area (Å²) in [5.41, 5.74) is 0.704. The molecule has 0 unspecified atom stereocenters. The van der Waals surface area contributed by atoms with Crippen LogP contribution in [0.2, 0.25) is 5.02 Å². The number of halogens is 5. The first-order chi connectivity index (χ1) is 28.4. The Bertz CT molecular complexity index is 2110. The Morgan fingerprint density at radius 1 is 0.729 bits per heavy atom. The van der Waals surface area contributed by atoms with Gasteiger partial charge in [0, 0.05) is 57.9 Å².